The molecule has 0 bridgehead atoms. The molecule has 1 saturated heterocycles. The summed E-state index contributed by atoms with van der Waals surface area (Å²) < 4.78 is 0. The highest BCUT2D eigenvalue weighted by molar-refractivity contribution is 5.33. The summed E-state index contributed by atoms with van der Waals surface area (Å²) >= 11 is 0. The van der Waals surface area contributed by atoms with Gasteiger partial charge in [-0.1, -0.05) is 24.6 Å². The molecule has 1 aromatic carbocycles. The average molecular weight is 217 g/mol. The van der Waals surface area contributed by atoms with Crippen LogP contribution in [0.3, 0.4) is 0 Å². The van der Waals surface area contributed by atoms with E-state index in [0.717, 1.165) is 6.04 Å². The Bertz CT molecular complexity index is 337. The fraction of sp³-hybridized carbons (Fsp3) is 0.600. The molecule has 1 heteroatoms. The van der Waals surface area contributed by atoms with Crippen molar-refractivity contribution in [3.63, 3.8) is 0 Å². The van der Waals surface area contributed by atoms with E-state index in [1.54, 1.807) is 0 Å². The molecule has 0 radical (unpaired) electrons. The molecule has 1 N–H and O–H groups in total. The summed E-state index contributed by atoms with van der Waals surface area (Å²) in [5.74, 6) is 0. The van der Waals surface area contributed by atoms with Gasteiger partial charge in [0.15, 0.2) is 0 Å². The normalized spacial score (nSPS) is 21.0. The van der Waals surface area contributed by atoms with Gasteiger partial charge in [0.2, 0.25) is 0 Å². The van der Waals surface area contributed by atoms with Crippen molar-refractivity contribution in [1.29, 1.82) is 0 Å². The van der Waals surface area contributed by atoms with Crippen molar-refractivity contribution in [2.24, 2.45) is 0 Å². The van der Waals surface area contributed by atoms with Crippen LogP contribution in [0.25, 0.3) is 0 Å². The Morgan fingerprint density at radius 3 is 2.88 bits per heavy atom. The zero-order valence-electron chi connectivity index (χ0n) is 10.6. The van der Waals surface area contributed by atoms with E-state index in [0.29, 0.717) is 0 Å². The summed E-state index contributed by atoms with van der Waals surface area (Å²) in [6, 6.07) is 7.43. The quantitative estimate of drug-likeness (QED) is 0.818. The number of hydrogen-bond acceptors (Lipinski definition) is 1. The van der Waals surface area contributed by atoms with Crippen LogP contribution in [0, 0.1) is 13.8 Å². The zero-order valence-corrected chi connectivity index (χ0v) is 10.6. The van der Waals surface area contributed by atoms with Crippen molar-refractivity contribution < 1.29 is 0 Å². The van der Waals surface area contributed by atoms with Crippen LogP contribution < -0.4 is 5.32 Å². The van der Waals surface area contributed by atoms with Gasteiger partial charge in [-0.25, -0.2) is 0 Å². The fourth-order valence-electron chi connectivity index (χ4n) is 2.58. The van der Waals surface area contributed by atoms with Gasteiger partial charge >= 0.3 is 0 Å². The van der Waals surface area contributed by atoms with Gasteiger partial charge in [-0.05, 0) is 62.8 Å². The predicted molar refractivity (Wildman–Crippen MR) is 69.9 cm³/mol. The lowest BCUT2D eigenvalue weighted by atomic mass is 9.94. The molecule has 1 unspecified atom stereocenters. The molecular weight excluding hydrogens is 194 g/mol. The highest BCUT2D eigenvalue weighted by Gasteiger charge is 2.12. The standard InChI is InChI=1S/C15H23N/c1-12-6-5-7-14(13(12)2)9-10-15-8-3-4-11-16-15/h5-7,15-16H,3-4,8-11H2,1-2H3. The van der Waals surface area contributed by atoms with Crippen LogP contribution >= 0.6 is 0 Å². The Balaban J connectivity index is 1.91. The smallest absolute Gasteiger partial charge is 0.00702 e. The molecule has 2 rings (SSSR count). The maximum atomic E-state index is 3.62. The lowest BCUT2D eigenvalue weighted by Gasteiger charge is -2.23. The predicted octanol–water partition coefficient (Wildman–Crippen LogP) is 3.38. The Morgan fingerprint density at radius 2 is 2.12 bits per heavy atom. The SMILES string of the molecule is Cc1cccc(CCC2CCCCN2)c1C. The van der Waals surface area contributed by atoms with E-state index in [9.17, 15) is 0 Å². The molecule has 16 heavy (non-hydrogen) atoms. The molecular formula is C15H23N. The second-order valence-electron chi connectivity index (χ2n) is 5.04. The highest BCUT2D eigenvalue weighted by Crippen LogP contribution is 2.17. The molecule has 1 nitrogen and oxygen atoms in total. The van der Waals surface area contributed by atoms with Gasteiger partial charge in [-0.2, -0.15) is 0 Å². The van der Waals surface area contributed by atoms with Crippen molar-refractivity contribution >= 4 is 0 Å². The molecule has 1 aliphatic heterocycles. The maximum Gasteiger partial charge on any atom is 0.00702 e. The minimum atomic E-state index is 0.758. The summed E-state index contributed by atoms with van der Waals surface area (Å²) in [6.45, 7) is 5.67. The molecule has 88 valence electrons. The van der Waals surface area contributed by atoms with E-state index in [4.69, 9.17) is 0 Å². The molecule has 1 fully saturated rings. The number of piperidine rings is 1. The summed E-state index contributed by atoms with van der Waals surface area (Å²) in [7, 11) is 0. The molecule has 0 spiro atoms. The van der Waals surface area contributed by atoms with Crippen molar-refractivity contribution in [2.45, 2.75) is 52.0 Å². The lowest BCUT2D eigenvalue weighted by molar-refractivity contribution is 0.382. The summed E-state index contributed by atoms with van der Waals surface area (Å²) in [5.41, 5.74) is 4.44. The Labute approximate surface area is 99.3 Å². The Hall–Kier alpha value is -0.820. The van der Waals surface area contributed by atoms with Gasteiger partial charge in [0, 0.05) is 6.04 Å². The first-order valence-corrected chi connectivity index (χ1v) is 6.56. The fourth-order valence-corrected chi connectivity index (χ4v) is 2.58. The van der Waals surface area contributed by atoms with Crippen molar-refractivity contribution in [1.82, 2.24) is 5.32 Å². The minimum absolute atomic E-state index is 0.758. The monoisotopic (exact) mass is 217 g/mol. The van der Waals surface area contributed by atoms with Gasteiger partial charge in [-0.15, -0.1) is 0 Å². The molecule has 0 aliphatic carbocycles. The third-order valence-electron chi connectivity index (χ3n) is 3.89. The van der Waals surface area contributed by atoms with Crippen LogP contribution in [0.5, 0.6) is 0 Å². The minimum Gasteiger partial charge on any atom is -0.314 e. The molecule has 1 aliphatic rings. The zero-order chi connectivity index (χ0) is 11.4. The van der Waals surface area contributed by atoms with E-state index in [1.165, 1.54) is 55.3 Å². The van der Waals surface area contributed by atoms with Crippen LogP contribution in [0.2, 0.25) is 0 Å². The second kappa shape index (κ2) is 5.49. The molecule has 0 amide bonds. The van der Waals surface area contributed by atoms with E-state index in [1.807, 2.05) is 0 Å². The van der Waals surface area contributed by atoms with Gasteiger partial charge in [-0.3, -0.25) is 0 Å². The largest absolute Gasteiger partial charge is 0.314 e. The summed E-state index contributed by atoms with van der Waals surface area (Å²) in [6.07, 6.45) is 6.66. The first-order valence-electron chi connectivity index (χ1n) is 6.56. The van der Waals surface area contributed by atoms with E-state index >= 15 is 0 Å². The molecule has 1 aromatic rings. The number of rotatable bonds is 3. The highest BCUT2D eigenvalue weighted by atomic mass is 14.9. The maximum absolute atomic E-state index is 3.62. The molecule has 0 saturated carbocycles. The number of nitrogens with one attached hydrogen (secondary N) is 1. The van der Waals surface area contributed by atoms with E-state index in [-0.39, 0.29) is 0 Å². The van der Waals surface area contributed by atoms with Crippen LogP contribution in [0.15, 0.2) is 18.2 Å². The van der Waals surface area contributed by atoms with Gasteiger partial charge in [0.1, 0.15) is 0 Å². The van der Waals surface area contributed by atoms with Crippen LogP contribution in [-0.2, 0) is 6.42 Å². The van der Waals surface area contributed by atoms with E-state index < -0.39 is 0 Å². The van der Waals surface area contributed by atoms with Gasteiger partial charge in [0.25, 0.3) is 0 Å². The number of benzene rings is 1. The molecule has 1 heterocycles. The Kier molecular flexibility index (Phi) is 4.00. The van der Waals surface area contributed by atoms with Crippen molar-refractivity contribution in [2.75, 3.05) is 6.54 Å². The van der Waals surface area contributed by atoms with E-state index in [2.05, 4.69) is 37.4 Å². The van der Waals surface area contributed by atoms with Crippen molar-refractivity contribution in [3.8, 4) is 0 Å². The van der Waals surface area contributed by atoms with Crippen LogP contribution in [-0.4, -0.2) is 12.6 Å². The number of hydrogen-bond donors (Lipinski definition) is 1. The molecule has 1 atom stereocenters. The molecule has 0 aromatic heterocycles. The van der Waals surface area contributed by atoms with Crippen molar-refractivity contribution in [3.05, 3.63) is 34.9 Å². The number of aryl methyl sites for hydroxylation is 2. The third kappa shape index (κ3) is 2.85. The third-order valence-corrected chi connectivity index (χ3v) is 3.89. The second-order valence-corrected chi connectivity index (χ2v) is 5.04. The van der Waals surface area contributed by atoms with Crippen LogP contribution in [0.1, 0.15) is 42.4 Å². The summed E-state index contributed by atoms with van der Waals surface area (Å²) in [4.78, 5) is 0. The Morgan fingerprint density at radius 1 is 1.25 bits per heavy atom. The summed E-state index contributed by atoms with van der Waals surface area (Å²) in [5, 5.41) is 3.62. The lowest BCUT2D eigenvalue weighted by Crippen LogP contribution is -2.34. The van der Waals surface area contributed by atoms with Gasteiger partial charge in [0.05, 0.1) is 0 Å². The average Bonchev–Trinajstić information content (AvgIpc) is 2.32. The first-order chi connectivity index (χ1) is 7.77. The van der Waals surface area contributed by atoms with Crippen LogP contribution in [0.4, 0.5) is 0 Å². The topological polar surface area (TPSA) is 12.0 Å². The first kappa shape index (κ1) is 11.7. The van der Waals surface area contributed by atoms with Gasteiger partial charge < -0.3 is 5.32 Å².